The van der Waals surface area contributed by atoms with E-state index in [4.69, 9.17) is 14.2 Å². The number of carbonyl (C=O) groups is 2. The monoisotopic (exact) mass is 645 g/mol. The minimum Gasteiger partial charge on any atom is -0.497 e. The van der Waals surface area contributed by atoms with Crippen LogP contribution in [0.15, 0.2) is 96.1 Å². The van der Waals surface area contributed by atoms with E-state index in [2.05, 4.69) is 38.1 Å². The van der Waals surface area contributed by atoms with E-state index in [-0.39, 0.29) is 11.7 Å². The average molecular weight is 645 g/mol. The zero-order chi connectivity index (χ0) is 28.1. The lowest BCUT2D eigenvalue weighted by Gasteiger charge is -2.10. The molecule has 0 radical (unpaired) electrons. The molecule has 0 atom stereocenters. The number of H-pyrrole nitrogens is 1. The molecule has 0 aliphatic rings. The normalized spacial score (nSPS) is 11.0. The fourth-order valence-electron chi connectivity index (χ4n) is 4.20. The Morgan fingerprint density at radius 2 is 1.65 bits per heavy atom. The lowest BCUT2D eigenvalue weighted by molar-refractivity contribution is 0.0729. The van der Waals surface area contributed by atoms with Crippen LogP contribution in [0.4, 0.5) is 0 Å². The highest BCUT2D eigenvalue weighted by atomic mass is 127. The summed E-state index contributed by atoms with van der Waals surface area (Å²) in [5.74, 6) is 0.328. The molecule has 0 spiro atoms. The summed E-state index contributed by atoms with van der Waals surface area (Å²) >= 11 is 2.26. The molecule has 5 aromatic rings. The van der Waals surface area contributed by atoms with Crippen molar-refractivity contribution in [1.29, 1.82) is 0 Å². The molecule has 9 heteroatoms. The molecule has 0 saturated heterocycles. The second kappa shape index (κ2) is 12.0. The van der Waals surface area contributed by atoms with E-state index in [1.165, 1.54) is 13.3 Å². The fourth-order valence-corrected chi connectivity index (χ4v) is 4.69. The molecule has 1 amide bonds. The number of nitrogens with one attached hydrogen (secondary N) is 2. The Morgan fingerprint density at radius 1 is 0.875 bits per heavy atom. The predicted octanol–water partition coefficient (Wildman–Crippen LogP) is 6.44. The number of aromatic amines is 1. The van der Waals surface area contributed by atoms with Crippen LogP contribution in [0.3, 0.4) is 0 Å². The number of ether oxygens (including phenoxy) is 3. The number of hydrogen-bond donors (Lipinski definition) is 2. The van der Waals surface area contributed by atoms with E-state index in [0.29, 0.717) is 28.3 Å². The molecule has 0 saturated carbocycles. The van der Waals surface area contributed by atoms with Crippen LogP contribution in [-0.4, -0.2) is 37.3 Å². The predicted molar refractivity (Wildman–Crippen MR) is 162 cm³/mol. The molecule has 40 heavy (non-hydrogen) atoms. The molecule has 2 N–H and O–H groups in total. The summed E-state index contributed by atoms with van der Waals surface area (Å²) in [6, 6.07) is 27.3. The van der Waals surface area contributed by atoms with Crippen LogP contribution >= 0.6 is 22.6 Å². The van der Waals surface area contributed by atoms with Gasteiger partial charge in [0.05, 0.1) is 26.0 Å². The molecule has 0 aliphatic carbocycles. The Balaban J connectivity index is 1.33. The Bertz CT molecular complexity index is 1710. The Hall–Kier alpha value is -4.64. The average Bonchev–Trinajstić information content (AvgIpc) is 3.37. The largest absolute Gasteiger partial charge is 0.497 e. The number of halogens is 1. The van der Waals surface area contributed by atoms with E-state index in [0.717, 1.165) is 25.6 Å². The first-order chi connectivity index (χ1) is 19.5. The van der Waals surface area contributed by atoms with E-state index >= 15 is 0 Å². The minimum absolute atomic E-state index is 0.254. The van der Waals surface area contributed by atoms with Crippen molar-refractivity contribution in [2.75, 3.05) is 14.2 Å². The topological polar surface area (TPSA) is 102 Å². The van der Waals surface area contributed by atoms with Gasteiger partial charge in [-0.25, -0.2) is 10.2 Å². The van der Waals surface area contributed by atoms with Crippen molar-refractivity contribution < 1.29 is 23.8 Å². The molecule has 8 nitrogen and oxygen atoms in total. The molecule has 5 rings (SSSR count). The van der Waals surface area contributed by atoms with Crippen molar-refractivity contribution in [2.24, 2.45) is 5.10 Å². The lowest BCUT2D eigenvalue weighted by atomic mass is 10.0. The molecule has 200 valence electrons. The summed E-state index contributed by atoms with van der Waals surface area (Å²) < 4.78 is 17.1. The van der Waals surface area contributed by atoms with E-state index in [1.54, 1.807) is 49.6 Å². The van der Waals surface area contributed by atoms with Gasteiger partial charge >= 0.3 is 5.97 Å². The Kier molecular flexibility index (Phi) is 8.11. The number of hydrogen-bond acceptors (Lipinski definition) is 6. The first kappa shape index (κ1) is 26.9. The van der Waals surface area contributed by atoms with Crippen LogP contribution in [-0.2, 0) is 0 Å². The number of aromatic nitrogens is 1. The van der Waals surface area contributed by atoms with Gasteiger partial charge in [0.15, 0.2) is 11.5 Å². The number of amides is 1. The molecular weight excluding hydrogens is 621 g/mol. The number of hydrazone groups is 1. The van der Waals surface area contributed by atoms with Crippen LogP contribution in [0.2, 0.25) is 0 Å². The summed E-state index contributed by atoms with van der Waals surface area (Å²) in [5.41, 5.74) is 6.63. The highest BCUT2D eigenvalue weighted by Gasteiger charge is 2.19. The number of esters is 1. The first-order valence-corrected chi connectivity index (χ1v) is 13.3. The van der Waals surface area contributed by atoms with Gasteiger partial charge in [0.25, 0.3) is 5.91 Å². The van der Waals surface area contributed by atoms with Crippen molar-refractivity contribution in [3.8, 4) is 28.4 Å². The molecule has 0 unspecified atom stereocenters. The molecule has 0 bridgehead atoms. The molecular formula is C31H24IN3O5. The van der Waals surface area contributed by atoms with Crippen molar-refractivity contribution in [2.45, 2.75) is 0 Å². The lowest BCUT2D eigenvalue weighted by Crippen LogP contribution is -2.18. The summed E-state index contributed by atoms with van der Waals surface area (Å²) in [6.07, 6.45) is 1.49. The second-order valence-electron chi connectivity index (χ2n) is 8.66. The van der Waals surface area contributed by atoms with Gasteiger partial charge in [-0.3, -0.25) is 4.79 Å². The van der Waals surface area contributed by atoms with Gasteiger partial charge in [-0.05, 0) is 94.4 Å². The number of nitrogens with zero attached hydrogens (tertiary/aromatic N) is 1. The Morgan fingerprint density at radius 3 is 2.38 bits per heavy atom. The highest BCUT2D eigenvalue weighted by Crippen LogP contribution is 2.33. The van der Waals surface area contributed by atoms with Crippen LogP contribution in [0.1, 0.15) is 26.4 Å². The highest BCUT2D eigenvalue weighted by molar-refractivity contribution is 14.1. The SMILES string of the molecule is COc1ccc(C(=O)Oc2ccc(C=NNC(=O)c3[nH]c4ccc(I)cc4c3-c3ccccc3)cc2OC)cc1. The van der Waals surface area contributed by atoms with Gasteiger partial charge in [0, 0.05) is 20.0 Å². The summed E-state index contributed by atoms with van der Waals surface area (Å²) in [7, 11) is 3.03. The van der Waals surface area contributed by atoms with Crippen molar-refractivity contribution >= 4 is 51.6 Å². The summed E-state index contributed by atoms with van der Waals surface area (Å²) in [6.45, 7) is 0. The number of methoxy groups -OCH3 is 2. The van der Waals surface area contributed by atoms with Crippen molar-refractivity contribution in [1.82, 2.24) is 10.4 Å². The van der Waals surface area contributed by atoms with Crippen molar-refractivity contribution in [3.63, 3.8) is 0 Å². The van der Waals surface area contributed by atoms with Gasteiger partial charge in [-0.2, -0.15) is 5.10 Å². The number of carbonyl (C=O) groups excluding carboxylic acids is 2. The number of fused-ring (bicyclic) bond motifs is 1. The molecule has 4 aromatic carbocycles. The van der Waals surface area contributed by atoms with Gasteiger partial charge in [0.2, 0.25) is 0 Å². The van der Waals surface area contributed by atoms with Crippen LogP contribution in [0.5, 0.6) is 17.2 Å². The molecule has 1 aromatic heterocycles. The second-order valence-corrected chi connectivity index (χ2v) is 9.90. The fraction of sp³-hybridized carbons (Fsp3) is 0.0645. The van der Waals surface area contributed by atoms with Crippen LogP contribution < -0.4 is 19.6 Å². The van der Waals surface area contributed by atoms with Gasteiger partial charge in [0.1, 0.15) is 11.4 Å². The molecule has 1 heterocycles. The van der Waals surface area contributed by atoms with Crippen molar-refractivity contribution in [3.05, 3.63) is 111 Å². The van der Waals surface area contributed by atoms with Gasteiger partial charge in [-0.15, -0.1) is 0 Å². The van der Waals surface area contributed by atoms with E-state index in [9.17, 15) is 9.59 Å². The maximum Gasteiger partial charge on any atom is 0.343 e. The first-order valence-electron chi connectivity index (χ1n) is 12.2. The third-order valence-corrected chi connectivity index (χ3v) is 6.82. The van der Waals surface area contributed by atoms with E-state index in [1.807, 2.05) is 48.5 Å². The number of benzene rings is 4. The van der Waals surface area contributed by atoms with Crippen LogP contribution in [0, 0.1) is 3.57 Å². The van der Waals surface area contributed by atoms with Gasteiger partial charge < -0.3 is 19.2 Å². The zero-order valence-corrected chi connectivity index (χ0v) is 23.8. The molecule has 0 aliphatic heterocycles. The van der Waals surface area contributed by atoms with E-state index < -0.39 is 5.97 Å². The standard InChI is InChI=1S/C31H24IN3O5/c1-38-23-12-9-21(10-13-23)31(37)40-26-15-8-19(16-27(26)39-2)18-33-35-30(36)29-28(20-6-4-3-5-7-20)24-17-22(32)11-14-25(24)34-29/h3-18,34H,1-2H3,(H,35,36). The molecule has 0 fully saturated rings. The summed E-state index contributed by atoms with van der Waals surface area (Å²) in [5, 5.41) is 5.10. The quantitative estimate of drug-likeness (QED) is 0.0665. The third kappa shape index (κ3) is 5.84. The maximum absolute atomic E-state index is 13.2. The third-order valence-electron chi connectivity index (χ3n) is 6.15. The summed E-state index contributed by atoms with van der Waals surface area (Å²) in [4.78, 5) is 29.0. The maximum atomic E-state index is 13.2. The number of rotatable bonds is 8. The zero-order valence-electron chi connectivity index (χ0n) is 21.6. The minimum atomic E-state index is -0.531. The smallest absolute Gasteiger partial charge is 0.343 e. The van der Waals surface area contributed by atoms with Gasteiger partial charge in [-0.1, -0.05) is 30.3 Å². The van der Waals surface area contributed by atoms with Crippen LogP contribution in [0.25, 0.3) is 22.0 Å². The Labute approximate surface area is 244 Å².